The molecule has 2 heteroatoms. The van der Waals surface area contributed by atoms with Crippen LogP contribution in [0.3, 0.4) is 0 Å². The van der Waals surface area contributed by atoms with E-state index in [0.29, 0.717) is 11.5 Å². The fourth-order valence-electron chi connectivity index (χ4n) is 2.12. The van der Waals surface area contributed by atoms with Gasteiger partial charge in [0.2, 0.25) is 0 Å². The predicted octanol–water partition coefficient (Wildman–Crippen LogP) is 3.96. The van der Waals surface area contributed by atoms with E-state index in [1.54, 1.807) is 6.07 Å². The Hall–Kier alpha value is -0.890. The summed E-state index contributed by atoms with van der Waals surface area (Å²) in [7, 11) is 0. The average Bonchev–Trinajstić information content (AvgIpc) is 2.21. The van der Waals surface area contributed by atoms with E-state index in [-0.39, 0.29) is 11.9 Å². The monoisotopic (exact) mass is 223 g/mol. The molecule has 90 valence electrons. The highest BCUT2D eigenvalue weighted by Crippen LogP contribution is 2.24. The first-order valence-corrected chi connectivity index (χ1v) is 6.06. The largest absolute Gasteiger partial charge is 0.324 e. The molecular formula is C14H22FN. The van der Waals surface area contributed by atoms with Crippen LogP contribution in [0.2, 0.25) is 0 Å². The first kappa shape index (κ1) is 13.2. The topological polar surface area (TPSA) is 26.0 Å². The summed E-state index contributed by atoms with van der Waals surface area (Å²) >= 11 is 0. The molecule has 1 rings (SSSR count). The molecule has 0 spiro atoms. The number of rotatable bonds is 5. The maximum atomic E-state index is 13.6. The molecule has 1 aromatic rings. The summed E-state index contributed by atoms with van der Waals surface area (Å²) in [5.74, 6) is 0.377. The molecule has 0 radical (unpaired) electrons. The van der Waals surface area contributed by atoms with Gasteiger partial charge >= 0.3 is 0 Å². The first-order valence-electron chi connectivity index (χ1n) is 6.06. The van der Waals surface area contributed by atoms with Crippen molar-refractivity contribution in [3.05, 3.63) is 35.1 Å². The van der Waals surface area contributed by atoms with Gasteiger partial charge in [0.15, 0.2) is 0 Å². The van der Waals surface area contributed by atoms with Gasteiger partial charge in [-0.2, -0.15) is 0 Å². The van der Waals surface area contributed by atoms with Gasteiger partial charge in [0.1, 0.15) is 5.82 Å². The van der Waals surface area contributed by atoms with Crippen molar-refractivity contribution in [1.82, 2.24) is 0 Å². The third-order valence-electron chi connectivity index (χ3n) is 2.99. The standard InChI is InChI=1S/C14H22FN/c1-4-5-10(2)9-14(16)12-8-11(3)6-7-13(12)15/h6-8,10,14H,4-5,9,16H2,1-3H3. The molecule has 0 aliphatic rings. The van der Waals surface area contributed by atoms with Gasteiger partial charge in [-0.25, -0.2) is 4.39 Å². The molecule has 0 amide bonds. The van der Waals surface area contributed by atoms with Crippen molar-refractivity contribution >= 4 is 0 Å². The molecule has 0 saturated carbocycles. The van der Waals surface area contributed by atoms with Crippen molar-refractivity contribution in [1.29, 1.82) is 0 Å². The minimum atomic E-state index is -0.179. The van der Waals surface area contributed by atoms with E-state index in [1.807, 2.05) is 13.0 Å². The maximum absolute atomic E-state index is 13.6. The van der Waals surface area contributed by atoms with Crippen LogP contribution in [0.5, 0.6) is 0 Å². The molecule has 0 heterocycles. The second-order valence-electron chi connectivity index (χ2n) is 4.76. The van der Waals surface area contributed by atoms with Crippen LogP contribution in [0.4, 0.5) is 4.39 Å². The second-order valence-corrected chi connectivity index (χ2v) is 4.76. The summed E-state index contributed by atoms with van der Waals surface area (Å²) < 4.78 is 13.6. The Morgan fingerprint density at radius 2 is 2.06 bits per heavy atom. The van der Waals surface area contributed by atoms with Gasteiger partial charge in [0.05, 0.1) is 0 Å². The van der Waals surface area contributed by atoms with E-state index in [1.165, 1.54) is 6.07 Å². The highest BCUT2D eigenvalue weighted by molar-refractivity contribution is 5.26. The number of hydrogen-bond donors (Lipinski definition) is 1. The number of hydrogen-bond acceptors (Lipinski definition) is 1. The van der Waals surface area contributed by atoms with Crippen molar-refractivity contribution in [3.8, 4) is 0 Å². The molecular weight excluding hydrogens is 201 g/mol. The lowest BCUT2D eigenvalue weighted by Crippen LogP contribution is -2.15. The highest BCUT2D eigenvalue weighted by atomic mass is 19.1. The second kappa shape index (κ2) is 6.00. The lowest BCUT2D eigenvalue weighted by atomic mass is 9.93. The Morgan fingerprint density at radius 3 is 2.69 bits per heavy atom. The minimum Gasteiger partial charge on any atom is -0.324 e. The van der Waals surface area contributed by atoms with Gasteiger partial charge in [0.25, 0.3) is 0 Å². The van der Waals surface area contributed by atoms with Gasteiger partial charge in [0, 0.05) is 11.6 Å². The molecule has 2 N–H and O–H groups in total. The van der Waals surface area contributed by atoms with Crippen LogP contribution in [0.15, 0.2) is 18.2 Å². The Labute approximate surface area is 97.9 Å². The van der Waals surface area contributed by atoms with Crippen LogP contribution in [0, 0.1) is 18.7 Å². The van der Waals surface area contributed by atoms with Crippen LogP contribution in [0.1, 0.15) is 50.3 Å². The molecule has 2 atom stereocenters. The lowest BCUT2D eigenvalue weighted by Gasteiger charge is -2.18. The van der Waals surface area contributed by atoms with Crippen molar-refractivity contribution < 1.29 is 4.39 Å². The zero-order valence-electron chi connectivity index (χ0n) is 10.5. The number of halogens is 1. The molecule has 2 unspecified atom stereocenters. The molecule has 1 nitrogen and oxygen atoms in total. The smallest absolute Gasteiger partial charge is 0.127 e. The Morgan fingerprint density at radius 1 is 1.38 bits per heavy atom. The molecule has 0 fully saturated rings. The third kappa shape index (κ3) is 3.60. The minimum absolute atomic E-state index is 0.179. The molecule has 0 saturated heterocycles. The van der Waals surface area contributed by atoms with E-state index >= 15 is 0 Å². The van der Waals surface area contributed by atoms with E-state index in [9.17, 15) is 4.39 Å². The Bertz CT molecular complexity index is 336. The van der Waals surface area contributed by atoms with Gasteiger partial charge in [-0.3, -0.25) is 0 Å². The third-order valence-corrected chi connectivity index (χ3v) is 2.99. The quantitative estimate of drug-likeness (QED) is 0.803. The fraction of sp³-hybridized carbons (Fsp3) is 0.571. The number of nitrogens with two attached hydrogens (primary N) is 1. The molecule has 0 aliphatic carbocycles. The summed E-state index contributed by atoms with van der Waals surface area (Å²) in [5.41, 5.74) is 7.78. The summed E-state index contributed by atoms with van der Waals surface area (Å²) in [6.45, 7) is 6.30. The van der Waals surface area contributed by atoms with E-state index in [4.69, 9.17) is 5.73 Å². The number of benzene rings is 1. The summed E-state index contributed by atoms with van der Waals surface area (Å²) in [5, 5.41) is 0. The number of aryl methyl sites for hydroxylation is 1. The Kier molecular flexibility index (Phi) is 4.94. The molecule has 0 bridgehead atoms. The van der Waals surface area contributed by atoms with Crippen LogP contribution >= 0.6 is 0 Å². The van der Waals surface area contributed by atoms with Gasteiger partial charge < -0.3 is 5.73 Å². The lowest BCUT2D eigenvalue weighted by molar-refractivity contribution is 0.431. The highest BCUT2D eigenvalue weighted by Gasteiger charge is 2.14. The van der Waals surface area contributed by atoms with Crippen molar-refractivity contribution in [3.63, 3.8) is 0 Å². The molecule has 16 heavy (non-hydrogen) atoms. The van der Waals surface area contributed by atoms with Crippen LogP contribution in [-0.4, -0.2) is 0 Å². The maximum Gasteiger partial charge on any atom is 0.127 e. The summed E-state index contributed by atoms with van der Waals surface area (Å²) in [6, 6.07) is 4.97. The van der Waals surface area contributed by atoms with Gasteiger partial charge in [-0.15, -0.1) is 0 Å². The zero-order valence-corrected chi connectivity index (χ0v) is 10.5. The van der Waals surface area contributed by atoms with Crippen LogP contribution in [0.25, 0.3) is 0 Å². The van der Waals surface area contributed by atoms with Gasteiger partial charge in [-0.05, 0) is 25.3 Å². The zero-order chi connectivity index (χ0) is 12.1. The normalized spacial score (nSPS) is 14.8. The molecule has 1 aromatic carbocycles. The van der Waals surface area contributed by atoms with E-state index < -0.39 is 0 Å². The van der Waals surface area contributed by atoms with E-state index in [2.05, 4.69) is 13.8 Å². The van der Waals surface area contributed by atoms with Crippen molar-refractivity contribution in [2.24, 2.45) is 11.7 Å². The predicted molar refractivity (Wildman–Crippen MR) is 66.8 cm³/mol. The van der Waals surface area contributed by atoms with Crippen LogP contribution in [-0.2, 0) is 0 Å². The van der Waals surface area contributed by atoms with Crippen molar-refractivity contribution in [2.45, 2.75) is 46.1 Å². The van der Waals surface area contributed by atoms with Crippen LogP contribution < -0.4 is 5.73 Å². The van der Waals surface area contributed by atoms with Crippen molar-refractivity contribution in [2.75, 3.05) is 0 Å². The average molecular weight is 223 g/mol. The van der Waals surface area contributed by atoms with E-state index in [0.717, 1.165) is 24.8 Å². The fourth-order valence-corrected chi connectivity index (χ4v) is 2.12. The summed E-state index contributed by atoms with van der Waals surface area (Å²) in [6.07, 6.45) is 3.17. The van der Waals surface area contributed by atoms with Gasteiger partial charge in [-0.1, -0.05) is 44.4 Å². The summed E-state index contributed by atoms with van der Waals surface area (Å²) in [4.78, 5) is 0. The molecule has 0 aromatic heterocycles. The first-order chi connectivity index (χ1) is 7.54. The SMILES string of the molecule is CCCC(C)CC(N)c1cc(C)ccc1F. The molecule has 0 aliphatic heterocycles. The Balaban J connectivity index is 2.72.